The highest BCUT2D eigenvalue weighted by molar-refractivity contribution is 6.01. The number of rotatable bonds is 6. The molecule has 3 aromatic carbocycles. The lowest BCUT2D eigenvalue weighted by molar-refractivity contribution is -0.135. The van der Waals surface area contributed by atoms with Crippen molar-refractivity contribution in [2.24, 2.45) is 0 Å². The maximum Gasteiger partial charge on any atom is 0.254 e. The van der Waals surface area contributed by atoms with Crippen molar-refractivity contribution in [3.63, 3.8) is 0 Å². The van der Waals surface area contributed by atoms with Gasteiger partial charge in [0.05, 0.1) is 26.2 Å². The van der Waals surface area contributed by atoms with Crippen LogP contribution < -0.4 is 9.47 Å². The van der Waals surface area contributed by atoms with Gasteiger partial charge < -0.3 is 19.3 Å². The zero-order chi connectivity index (χ0) is 24.5. The molecule has 2 aliphatic heterocycles. The summed E-state index contributed by atoms with van der Waals surface area (Å²) >= 11 is 0. The van der Waals surface area contributed by atoms with Crippen LogP contribution in [0.2, 0.25) is 0 Å². The third kappa shape index (κ3) is 3.93. The largest absolute Gasteiger partial charge is 0.493 e. The first-order valence-corrected chi connectivity index (χ1v) is 12.0. The first kappa shape index (κ1) is 23.0. The molecule has 2 amide bonds. The van der Waals surface area contributed by atoms with E-state index in [0.717, 1.165) is 22.3 Å². The van der Waals surface area contributed by atoms with Crippen molar-refractivity contribution in [1.29, 1.82) is 0 Å². The van der Waals surface area contributed by atoms with Gasteiger partial charge in [-0.15, -0.1) is 0 Å². The summed E-state index contributed by atoms with van der Waals surface area (Å²) in [6.07, 6.45) is 0.697. The van der Waals surface area contributed by atoms with Crippen LogP contribution in [0.5, 0.6) is 11.5 Å². The molecule has 2 unspecified atom stereocenters. The molecular weight excluding hydrogens is 440 g/mol. The van der Waals surface area contributed by atoms with Crippen molar-refractivity contribution >= 4 is 11.8 Å². The number of methoxy groups -OCH3 is 2. The van der Waals surface area contributed by atoms with Crippen molar-refractivity contribution < 1.29 is 19.1 Å². The van der Waals surface area contributed by atoms with Gasteiger partial charge in [-0.25, -0.2) is 0 Å². The van der Waals surface area contributed by atoms with E-state index in [1.165, 1.54) is 0 Å². The van der Waals surface area contributed by atoms with Crippen LogP contribution in [0.4, 0.5) is 0 Å². The molecular formula is C29H30N2O4. The molecule has 6 heteroatoms. The second kappa shape index (κ2) is 9.45. The molecule has 0 saturated carbocycles. The van der Waals surface area contributed by atoms with Crippen molar-refractivity contribution in [3.8, 4) is 11.5 Å². The SMILES string of the molecule is CCN(Cc1ccccc1)C(=O)C1c2ccccc2C(=O)N2CCc3cc(OC)c(OC)cc3C12. The quantitative estimate of drug-likeness (QED) is 0.529. The maximum atomic E-state index is 14.3. The predicted molar refractivity (Wildman–Crippen MR) is 134 cm³/mol. The molecule has 0 aromatic heterocycles. The van der Waals surface area contributed by atoms with Crippen molar-refractivity contribution in [2.75, 3.05) is 27.3 Å². The van der Waals surface area contributed by atoms with E-state index in [0.29, 0.717) is 43.1 Å². The summed E-state index contributed by atoms with van der Waals surface area (Å²) in [5.74, 6) is 0.742. The van der Waals surface area contributed by atoms with Gasteiger partial charge in [0.25, 0.3) is 5.91 Å². The van der Waals surface area contributed by atoms with Gasteiger partial charge >= 0.3 is 0 Å². The Bertz CT molecular complexity index is 1260. The first-order valence-electron chi connectivity index (χ1n) is 12.0. The lowest BCUT2D eigenvalue weighted by atomic mass is 9.75. The molecule has 0 spiro atoms. The topological polar surface area (TPSA) is 59.1 Å². The van der Waals surface area contributed by atoms with Crippen molar-refractivity contribution in [3.05, 3.63) is 94.5 Å². The molecule has 0 saturated heterocycles. The Morgan fingerprint density at radius 3 is 2.37 bits per heavy atom. The van der Waals surface area contributed by atoms with E-state index in [2.05, 4.69) is 0 Å². The van der Waals surface area contributed by atoms with Gasteiger partial charge in [0.15, 0.2) is 11.5 Å². The van der Waals surface area contributed by atoms with E-state index in [4.69, 9.17) is 9.47 Å². The van der Waals surface area contributed by atoms with E-state index in [-0.39, 0.29) is 11.8 Å². The highest BCUT2D eigenvalue weighted by Gasteiger charge is 2.47. The van der Waals surface area contributed by atoms with Gasteiger partial charge in [0.2, 0.25) is 5.91 Å². The van der Waals surface area contributed by atoms with E-state index >= 15 is 0 Å². The van der Waals surface area contributed by atoms with Crippen molar-refractivity contribution in [1.82, 2.24) is 9.80 Å². The number of nitrogens with zero attached hydrogens (tertiary/aromatic N) is 2. The molecule has 35 heavy (non-hydrogen) atoms. The fraction of sp³-hybridized carbons (Fsp3) is 0.310. The summed E-state index contributed by atoms with van der Waals surface area (Å²) in [7, 11) is 3.22. The number of hydrogen-bond donors (Lipinski definition) is 0. The lowest BCUT2D eigenvalue weighted by Gasteiger charge is -2.46. The number of carbonyl (C=O) groups is 2. The van der Waals surface area contributed by atoms with Crippen LogP contribution in [-0.4, -0.2) is 48.9 Å². The summed E-state index contributed by atoms with van der Waals surface area (Å²) in [6, 6.07) is 21.1. The first-order chi connectivity index (χ1) is 17.1. The smallest absolute Gasteiger partial charge is 0.254 e. The number of fused-ring (bicyclic) bond motifs is 4. The van der Waals surface area contributed by atoms with Crippen LogP contribution in [0.15, 0.2) is 66.7 Å². The van der Waals surface area contributed by atoms with E-state index in [9.17, 15) is 9.59 Å². The minimum atomic E-state index is -0.510. The predicted octanol–water partition coefficient (Wildman–Crippen LogP) is 4.59. The molecule has 5 rings (SSSR count). The van der Waals surface area contributed by atoms with E-state index in [1.807, 2.05) is 83.5 Å². The summed E-state index contributed by atoms with van der Waals surface area (Å²) in [6.45, 7) is 3.65. The minimum absolute atomic E-state index is 0.0222. The van der Waals surface area contributed by atoms with Gasteiger partial charge in [0, 0.05) is 25.2 Å². The average molecular weight is 471 g/mol. The van der Waals surface area contributed by atoms with Gasteiger partial charge in [-0.1, -0.05) is 48.5 Å². The molecule has 3 aromatic rings. The van der Waals surface area contributed by atoms with Crippen LogP contribution in [-0.2, 0) is 17.8 Å². The Hall–Kier alpha value is -3.80. The van der Waals surface area contributed by atoms with E-state index in [1.54, 1.807) is 14.2 Å². The fourth-order valence-electron chi connectivity index (χ4n) is 5.47. The number of amides is 2. The lowest BCUT2D eigenvalue weighted by Crippen LogP contribution is -2.50. The van der Waals surface area contributed by atoms with Gasteiger partial charge in [-0.2, -0.15) is 0 Å². The third-order valence-corrected chi connectivity index (χ3v) is 7.20. The summed E-state index contributed by atoms with van der Waals surface area (Å²) in [5, 5.41) is 0. The van der Waals surface area contributed by atoms with Gasteiger partial charge in [-0.05, 0) is 53.8 Å². The molecule has 2 atom stereocenters. The molecule has 0 aliphatic carbocycles. The van der Waals surface area contributed by atoms with E-state index < -0.39 is 12.0 Å². The Balaban J connectivity index is 1.64. The second-order valence-corrected chi connectivity index (χ2v) is 9.00. The van der Waals surface area contributed by atoms with Crippen LogP contribution in [0.25, 0.3) is 0 Å². The van der Waals surface area contributed by atoms with Crippen LogP contribution in [0.3, 0.4) is 0 Å². The standard InChI is InChI=1S/C29H30N2O4/c1-4-30(18-19-10-6-5-7-11-19)29(33)26-21-12-8-9-13-22(21)28(32)31-15-14-20-16-24(34-2)25(35-3)17-23(20)27(26)31/h5-13,16-17,26-27H,4,14-15,18H2,1-3H3. The normalized spacial score (nSPS) is 18.3. The summed E-state index contributed by atoms with van der Waals surface area (Å²) in [4.78, 5) is 31.6. The Morgan fingerprint density at radius 1 is 0.971 bits per heavy atom. The highest BCUT2D eigenvalue weighted by Crippen LogP contribution is 2.48. The molecule has 0 fully saturated rings. The molecule has 180 valence electrons. The minimum Gasteiger partial charge on any atom is -0.493 e. The van der Waals surface area contributed by atoms with Crippen molar-refractivity contribution in [2.45, 2.75) is 31.8 Å². The molecule has 0 N–H and O–H groups in total. The average Bonchev–Trinajstić information content (AvgIpc) is 2.91. The van der Waals surface area contributed by atoms with Crippen LogP contribution >= 0.6 is 0 Å². The molecule has 6 nitrogen and oxygen atoms in total. The molecule has 2 heterocycles. The summed E-state index contributed by atoms with van der Waals surface area (Å²) < 4.78 is 11.1. The zero-order valence-electron chi connectivity index (χ0n) is 20.4. The Kier molecular flexibility index (Phi) is 6.20. The second-order valence-electron chi connectivity index (χ2n) is 9.00. The third-order valence-electron chi connectivity index (χ3n) is 7.20. The highest BCUT2D eigenvalue weighted by atomic mass is 16.5. The monoisotopic (exact) mass is 470 g/mol. The van der Waals surface area contributed by atoms with Gasteiger partial charge in [-0.3, -0.25) is 9.59 Å². The summed E-state index contributed by atoms with van der Waals surface area (Å²) in [5.41, 5.74) is 4.51. The fourth-order valence-corrected chi connectivity index (χ4v) is 5.47. The maximum absolute atomic E-state index is 14.3. The van der Waals surface area contributed by atoms with Crippen LogP contribution in [0.1, 0.15) is 51.5 Å². The van der Waals surface area contributed by atoms with Gasteiger partial charge in [0.1, 0.15) is 0 Å². The zero-order valence-corrected chi connectivity index (χ0v) is 20.4. The number of ether oxygens (including phenoxy) is 2. The molecule has 2 aliphatic rings. The number of benzene rings is 3. The van der Waals surface area contributed by atoms with Crippen LogP contribution in [0, 0.1) is 0 Å². The Labute approximate surface area is 206 Å². The Morgan fingerprint density at radius 2 is 1.66 bits per heavy atom. The number of likely N-dealkylation sites (N-methyl/N-ethyl adjacent to an activating group) is 1. The number of hydrogen-bond acceptors (Lipinski definition) is 4. The number of carbonyl (C=O) groups excluding carboxylic acids is 2. The molecule has 0 radical (unpaired) electrons. The molecule has 0 bridgehead atoms.